The van der Waals surface area contributed by atoms with E-state index in [2.05, 4.69) is 61.4 Å². The molecule has 0 saturated heterocycles. The Morgan fingerprint density at radius 1 is 0.923 bits per heavy atom. The summed E-state index contributed by atoms with van der Waals surface area (Å²) in [6.07, 6.45) is 0. The maximum Gasteiger partial charge on any atom is 0.184 e. The van der Waals surface area contributed by atoms with Crippen LogP contribution in [0.3, 0.4) is 0 Å². The fraction of sp³-hybridized carbons (Fsp3) is 0.286. The molecule has 3 aromatic heterocycles. The van der Waals surface area contributed by atoms with Crippen LogP contribution in [0.4, 0.5) is 11.5 Å². The summed E-state index contributed by atoms with van der Waals surface area (Å²) in [6, 6.07) is 12.6. The Bertz CT molecular complexity index is 1110. The van der Waals surface area contributed by atoms with Crippen molar-refractivity contribution in [2.24, 2.45) is 0 Å². The smallest absolute Gasteiger partial charge is 0.184 e. The lowest BCUT2D eigenvalue weighted by molar-refractivity contribution is 0.867. The summed E-state index contributed by atoms with van der Waals surface area (Å²) in [5.74, 6) is 1.41. The standard InChI is InChI=1S/C21H23N5/c1-12(2)16-6-8-17(9-7-16)24-18-11-15(5)23-21-19-13(3)10-14(4)22-20(19)25-26(18)21/h6-12,24H,1-5H3. The Morgan fingerprint density at radius 3 is 2.31 bits per heavy atom. The Hall–Kier alpha value is -2.95. The van der Waals surface area contributed by atoms with Crippen LogP contribution in [0.15, 0.2) is 36.4 Å². The molecule has 1 N–H and O–H groups in total. The van der Waals surface area contributed by atoms with Gasteiger partial charge in [0.2, 0.25) is 0 Å². The lowest BCUT2D eigenvalue weighted by Crippen LogP contribution is -2.02. The molecule has 0 aliphatic rings. The van der Waals surface area contributed by atoms with Gasteiger partial charge in [0, 0.05) is 23.1 Å². The number of fused-ring (bicyclic) bond motifs is 3. The second-order valence-electron chi connectivity index (χ2n) is 7.20. The fourth-order valence-corrected chi connectivity index (χ4v) is 3.33. The highest BCUT2D eigenvalue weighted by Gasteiger charge is 2.14. The molecule has 26 heavy (non-hydrogen) atoms. The lowest BCUT2D eigenvalue weighted by atomic mass is 10.0. The number of anilines is 2. The van der Waals surface area contributed by atoms with Crippen LogP contribution in [0.5, 0.6) is 0 Å². The monoisotopic (exact) mass is 345 g/mol. The Labute approximate surface area is 153 Å². The molecule has 4 aromatic rings. The minimum absolute atomic E-state index is 0.521. The van der Waals surface area contributed by atoms with Gasteiger partial charge in [-0.1, -0.05) is 26.0 Å². The van der Waals surface area contributed by atoms with Gasteiger partial charge < -0.3 is 5.32 Å². The van der Waals surface area contributed by atoms with E-state index in [9.17, 15) is 0 Å². The van der Waals surface area contributed by atoms with Crippen LogP contribution in [0.25, 0.3) is 16.7 Å². The summed E-state index contributed by atoms with van der Waals surface area (Å²) >= 11 is 0. The first kappa shape index (κ1) is 16.5. The third-order valence-corrected chi connectivity index (χ3v) is 4.65. The highest BCUT2D eigenvalue weighted by Crippen LogP contribution is 2.26. The molecule has 0 radical (unpaired) electrons. The SMILES string of the molecule is Cc1cc(C)c2c(n1)nn1c(Nc3ccc(C(C)C)cc3)cc(C)nc21. The minimum atomic E-state index is 0.521. The van der Waals surface area contributed by atoms with Crippen molar-refractivity contribution in [3.63, 3.8) is 0 Å². The molecule has 0 fully saturated rings. The van der Waals surface area contributed by atoms with Gasteiger partial charge >= 0.3 is 0 Å². The molecule has 132 valence electrons. The zero-order valence-corrected chi connectivity index (χ0v) is 15.8. The summed E-state index contributed by atoms with van der Waals surface area (Å²) in [5.41, 5.74) is 6.99. The van der Waals surface area contributed by atoms with E-state index in [-0.39, 0.29) is 0 Å². The molecule has 5 heteroatoms. The van der Waals surface area contributed by atoms with Crippen molar-refractivity contribution in [1.29, 1.82) is 0 Å². The first-order chi connectivity index (χ1) is 12.4. The molecule has 1 aromatic carbocycles. The number of hydrogen-bond donors (Lipinski definition) is 1. The van der Waals surface area contributed by atoms with Crippen molar-refractivity contribution in [3.05, 3.63) is 58.9 Å². The topological polar surface area (TPSA) is 55.1 Å². The highest BCUT2D eigenvalue weighted by molar-refractivity contribution is 5.93. The minimum Gasteiger partial charge on any atom is -0.340 e. The number of benzene rings is 1. The highest BCUT2D eigenvalue weighted by atomic mass is 15.3. The molecular weight excluding hydrogens is 322 g/mol. The average molecular weight is 345 g/mol. The molecule has 0 atom stereocenters. The number of aromatic nitrogens is 4. The molecule has 0 bridgehead atoms. The Kier molecular flexibility index (Phi) is 3.87. The van der Waals surface area contributed by atoms with E-state index in [1.54, 1.807) is 0 Å². The summed E-state index contributed by atoms with van der Waals surface area (Å²) in [7, 11) is 0. The molecule has 4 rings (SSSR count). The summed E-state index contributed by atoms with van der Waals surface area (Å²) in [6.45, 7) is 10.5. The number of pyridine rings is 1. The van der Waals surface area contributed by atoms with E-state index in [0.29, 0.717) is 5.92 Å². The molecule has 0 aliphatic heterocycles. The summed E-state index contributed by atoms with van der Waals surface area (Å²) in [5, 5.41) is 9.19. The largest absolute Gasteiger partial charge is 0.340 e. The molecular formula is C21H23N5. The van der Waals surface area contributed by atoms with Gasteiger partial charge in [0.05, 0.1) is 5.39 Å². The molecule has 0 saturated carbocycles. The van der Waals surface area contributed by atoms with Crippen LogP contribution in [0, 0.1) is 20.8 Å². The van der Waals surface area contributed by atoms with E-state index in [1.807, 2.05) is 24.4 Å². The van der Waals surface area contributed by atoms with Gasteiger partial charge in [-0.3, -0.25) is 0 Å². The Balaban J connectivity index is 1.85. The van der Waals surface area contributed by atoms with Gasteiger partial charge in [-0.25, -0.2) is 9.97 Å². The zero-order valence-electron chi connectivity index (χ0n) is 15.8. The molecule has 5 nitrogen and oxygen atoms in total. The molecule has 0 spiro atoms. The molecule has 3 heterocycles. The van der Waals surface area contributed by atoms with E-state index in [4.69, 9.17) is 10.1 Å². The quantitative estimate of drug-likeness (QED) is 0.563. The third kappa shape index (κ3) is 2.79. The van der Waals surface area contributed by atoms with E-state index < -0.39 is 0 Å². The third-order valence-electron chi connectivity index (χ3n) is 4.65. The number of nitrogens with one attached hydrogen (secondary N) is 1. The van der Waals surface area contributed by atoms with Crippen LogP contribution >= 0.6 is 0 Å². The molecule has 0 amide bonds. The lowest BCUT2D eigenvalue weighted by Gasteiger charge is -2.11. The van der Waals surface area contributed by atoms with E-state index in [1.165, 1.54) is 5.56 Å². The van der Waals surface area contributed by atoms with Crippen molar-refractivity contribution in [1.82, 2.24) is 19.6 Å². The van der Waals surface area contributed by atoms with Crippen molar-refractivity contribution in [2.45, 2.75) is 40.5 Å². The molecule has 0 aliphatic carbocycles. The van der Waals surface area contributed by atoms with Crippen LogP contribution in [0.2, 0.25) is 0 Å². The fourth-order valence-electron chi connectivity index (χ4n) is 3.33. The normalized spacial score (nSPS) is 11.6. The van der Waals surface area contributed by atoms with Crippen molar-refractivity contribution < 1.29 is 0 Å². The van der Waals surface area contributed by atoms with Crippen LogP contribution in [-0.2, 0) is 0 Å². The van der Waals surface area contributed by atoms with Gasteiger partial charge in [0.25, 0.3) is 0 Å². The number of aryl methyl sites for hydroxylation is 3. The zero-order chi connectivity index (χ0) is 18.4. The van der Waals surface area contributed by atoms with Crippen LogP contribution in [0.1, 0.15) is 42.3 Å². The van der Waals surface area contributed by atoms with Gasteiger partial charge in [-0.2, -0.15) is 4.52 Å². The second kappa shape index (κ2) is 6.09. The van der Waals surface area contributed by atoms with Crippen LogP contribution < -0.4 is 5.32 Å². The average Bonchev–Trinajstić information content (AvgIpc) is 2.93. The number of rotatable bonds is 3. The van der Waals surface area contributed by atoms with E-state index in [0.717, 1.165) is 45.1 Å². The van der Waals surface area contributed by atoms with E-state index >= 15 is 0 Å². The van der Waals surface area contributed by atoms with Gasteiger partial charge in [-0.15, -0.1) is 5.10 Å². The number of nitrogens with zero attached hydrogens (tertiary/aromatic N) is 4. The van der Waals surface area contributed by atoms with Crippen molar-refractivity contribution >= 4 is 28.2 Å². The maximum atomic E-state index is 4.71. The van der Waals surface area contributed by atoms with Crippen molar-refractivity contribution in [3.8, 4) is 0 Å². The summed E-state index contributed by atoms with van der Waals surface area (Å²) < 4.78 is 1.85. The molecule has 0 unspecified atom stereocenters. The van der Waals surface area contributed by atoms with Gasteiger partial charge in [-0.05, 0) is 56.0 Å². The maximum absolute atomic E-state index is 4.71. The van der Waals surface area contributed by atoms with Crippen molar-refractivity contribution in [2.75, 3.05) is 5.32 Å². The van der Waals surface area contributed by atoms with Crippen LogP contribution in [-0.4, -0.2) is 19.6 Å². The van der Waals surface area contributed by atoms with Gasteiger partial charge in [0.15, 0.2) is 11.3 Å². The second-order valence-corrected chi connectivity index (χ2v) is 7.20. The predicted molar refractivity (Wildman–Crippen MR) is 106 cm³/mol. The Morgan fingerprint density at radius 2 is 1.62 bits per heavy atom. The summed E-state index contributed by atoms with van der Waals surface area (Å²) in [4.78, 5) is 9.30. The number of hydrogen-bond acceptors (Lipinski definition) is 4. The van der Waals surface area contributed by atoms with Gasteiger partial charge in [0.1, 0.15) is 5.82 Å². The predicted octanol–water partition coefficient (Wildman–Crippen LogP) is 5.07. The first-order valence-corrected chi connectivity index (χ1v) is 8.93. The first-order valence-electron chi connectivity index (χ1n) is 8.93.